The highest BCUT2D eigenvalue weighted by molar-refractivity contribution is 9.11. The lowest BCUT2D eigenvalue weighted by atomic mass is 9.74. The Labute approximate surface area is 289 Å². The monoisotopic (exact) mass is 719 g/mol. The Balaban J connectivity index is 1.51. The molecule has 4 aliphatic rings. The molecular weight excluding hydrogens is 678 g/mol. The summed E-state index contributed by atoms with van der Waals surface area (Å²) in [6.45, 7) is 7.30. The van der Waals surface area contributed by atoms with Crippen molar-refractivity contribution in [2.24, 2.45) is 11.8 Å². The third-order valence-electron chi connectivity index (χ3n) is 10.1. The number of cyclic esters (lactones) is 1. The molecule has 254 valence electrons. The second-order valence-electron chi connectivity index (χ2n) is 13.1. The summed E-state index contributed by atoms with van der Waals surface area (Å²) >= 11 is 3.61. The molecular formula is C37H42BrN3O7. The summed E-state index contributed by atoms with van der Waals surface area (Å²) in [5.74, 6) is -3.84. The van der Waals surface area contributed by atoms with Gasteiger partial charge in [0.25, 0.3) is 5.91 Å². The number of nitrogens with zero attached hydrogens (tertiary/aromatic N) is 2. The van der Waals surface area contributed by atoms with Gasteiger partial charge in [0.1, 0.15) is 29.8 Å². The number of rotatable bonds is 5. The fourth-order valence-corrected chi connectivity index (χ4v) is 8.64. The van der Waals surface area contributed by atoms with Gasteiger partial charge >= 0.3 is 5.97 Å². The zero-order valence-electron chi connectivity index (χ0n) is 27.6. The number of aliphatic hydroxyl groups excluding tert-OH is 1. The number of halogens is 1. The number of para-hydroxylation sites is 1. The predicted molar refractivity (Wildman–Crippen MR) is 183 cm³/mol. The first-order valence-corrected chi connectivity index (χ1v) is 17.4. The number of likely N-dealkylation sites (tertiary alicyclic amines) is 1. The summed E-state index contributed by atoms with van der Waals surface area (Å²) in [6, 6.07) is 12.5. The lowest BCUT2D eigenvalue weighted by molar-refractivity contribution is -0.161. The van der Waals surface area contributed by atoms with E-state index in [4.69, 9.17) is 9.47 Å². The van der Waals surface area contributed by atoms with Crippen molar-refractivity contribution in [3.8, 4) is 0 Å². The Bertz CT molecular complexity index is 1640. The van der Waals surface area contributed by atoms with Gasteiger partial charge in [0.15, 0.2) is 0 Å². The number of hydrogen-bond donors (Lipinski definition) is 2. The topological polar surface area (TPSA) is 125 Å². The fraction of sp³-hybridized carbons (Fsp3) is 0.459. The first-order chi connectivity index (χ1) is 23.0. The maximum atomic E-state index is 15.2. The van der Waals surface area contributed by atoms with E-state index < -0.39 is 59.6 Å². The minimum absolute atomic E-state index is 0.174. The van der Waals surface area contributed by atoms with Crippen molar-refractivity contribution < 1.29 is 33.8 Å². The Kier molecular flexibility index (Phi) is 9.66. The van der Waals surface area contributed by atoms with Gasteiger partial charge < -0.3 is 29.7 Å². The van der Waals surface area contributed by atoms with Crippen LogP contribution in [0.25, 0.3) is 0 Å². The first-order valence-electron chi connectivity index (χ1n) is 16.6. The minimum atomic E-state index is -1.49. The van der Waals surface area contributed by atoms with E-state index in [1.807, 2.05) is 81.5 Å². The molecule has 8 atom stereocenters. The van der Waals surface area contributed by atoms with E-state index in [1.54, 1.807) is 17.9 Å². The van der Waals surface area contributed by atoms with Crippen LogP contribution in [0.5, 0.6) is 0 Å². The van der Waals surface area contributed by atoms with Crippen molar-refractivity contribution in [1.29, 1.82) is 0 Å². The van der Waals surface area contributed by atoms with Gasteiger partial charge in [0, 0.05) is 23.1 Å². The molecule has 0 saturated carbocycles. The molecule has 5 bridgehead atoms. The van der Waals surface area contributed by atoms with Gasteiger partial charge in [0.2, 0.25) is 11.8 Å². The quantitative estimate of drug-likeness (QED) is 0.346. The lowest BCUT2D eigenvalue weighted by Crippen LogP contribution is -2.58. The number of hydrogen-bond acceptors (Lipinski definition) is 7. The number of anilines is 1. The minimum Gasteiger partial charge on any atom is -0.455 e. The molecule has 0 aliphatic carbocycles. The zero-order valence-corrected chi connectivity index (χ0v) is 29.2. The molecule has 2 aromatic carbocycles. The molecule has 10 nitrogen and oxygen atoms in total. The van der Waals surface area contributed by atoms with Crippen LogP contribution in [0.4, 0.5) is 5.69 Å². The molecule has 4 aliphatic heterocycles. The van der Waals surface area contributed by atoms with Crippen LogP contribution in [0.2, 0.25) is 0 Å². The molecule has 1 spiro atoms. The van der Waals surface area contributed by atoms with Crippen LogP contribution in [-0.2, 0) is 28.7 Å². The molecule has 2 saturated heterocycles. The predicted octanol–water partition coefficient (Wildman–Crippen LogP) is 4.42. The molecule has 48 heavy (non-hydrogen) atoms. The number of aryl methyl sites for hydroxylation is 2. The van der Waals surface area contributed by atoms with Crippen LogP contribution in [0.15, 0.2) is 71.2 Å². The third kappa shape index (κ3) is 5.69. The van der Waals surface area contributed by atoms with E-state index in [-0.39, 0.29) is 31.4 Å². The molecule has 2 N–H and O–H groups in total. The van der Waals surface area contributed by atoms with Gasteiger partial charge in [-0.1, -0.05) is 83.5 Å². The van der Waals surface area contributed by atoms with Crippen LogP contribution in [0.3, 0.4) is 0 Å². The average Bonchev–Trinajstić information content (AvgIpc) is 3.66. The molecule has 2 aromatic rings. The average molecular weight is 721 g/mol. The molecule has 6 rings (SSSR count). The van der Waals surface area contributed by atoms with E-state index in [0.717, 1.165) is 11.1 Å². The standard InChI is InChI=1S/C37H42BrN3O7/c1-5-25(20-42)41-33-35(45)40(30-21(2)13-12-14-22(30)3)18-11-7-10-17-27(43)39-23(4)31(24-15-8-6-9-16-24)47-36(46)28-29(34(41)44)37(33)19-26(38)32(28)48-37/h6-9,11-16,19,23,25,28-29,31-33,42H,5,10,17-18,20H2,1-4H3,(H,39,43)/b11-7-/t23-,25+,28+,29-,31+,32+,33+,37-/m1/s1. The van der Waals surface area contributed by atoms with Crippen molar-refractivity contribution in [2.45, 2.75) is 82.9 Å². The molecule has 3 amide bonds. The van der Waals surface area contributed by atoms with E-state index in [2.05, 4.69) is 21.2 Å². The third-order valence-corrected chi connectivity index (χ3v) is 10.8. The Morgan fingerprint density at radius 2 is 1.71 bits per heavy atom. The molecule has 0 radical (unpaired) electrons. The molecule has 11 heteroatoms. The van der Waals surface area contributed by atoms with Gasteiger partial charge in [-0.25, -0.2) is 0 Å². The molecule has 4 heterocycles. The van der Waals surface area contributed by atoms with Crippen molar-refractivity contribution in [3.05, 3.63) is 87.9 Å². The lowest BCUT2D eigenvalue weighted by Gasteiger charge is -2.39. The number of nitrogens with one attached hydrogen (secondary N) is 1. The summed E-state index contributed by atoms with van der Waals surface area (Å²) in [7, 11) is 0. The Morgan fingerprint density at radius 1 is 1.00 bits per heavy atom. The molecule has 0 unspecified atom stereocenters. The number of fused-ring (bicyclic) bond motifs is 2. The van der Waals surface area contributed by atoms with E-state index in [1.165, 1.54) is 4.90 Å². The largest absolute Gasteiger partial charge is 0.455 e. The summed E-state index contributed by atoms with van der Waals surface area (Å²) < 4.78 is 13.4. The number of carbonyl (C=O) groups is 4. The number of amides is 3. The van der Waals surface area contributed by atoms with Crippen molar-refractivity contribution in [3.63, 3.8) is 0 Å². The van der Waals surface area contributed by atoms with Crippen LogP contribution < -0.4 is 10.2 Å². The van der Waals surface area contributed by atoms with E-state index in [9.17, 15) is 19.5 Å². The summed E-state index contributed by atoms with van der Waals surface area (Å²) in [5.41, 5.74) is 1.65. The van der Waals surface area contributed by atoms with Gasteiger partial charge in [0.05, 0.1) is 24.6 Å². The zero-order chi connectivity index (χ0) is 34.3. The highest BCUT2D eigenvalue weighted by Gasteiger charge is 2.75. The maximum Gasteiger partial charge on any atom is 0.313 e. The van der Waals surface area contributed by atoms with Gasteiger partial charge in [-0.05, 0) is 56.4 Å². The van der Waals surface area contributed by atoms with Crippen LogP contribution in [-0.4, -0.2) is 76.7 Å². The smallest absolute Gasteiger partial charge is 0.313 e. The molecule has 2 fully saturated rings. The summed E-state index contributed by atoms with van der Waals surface area (Å²) in [6.07, 6.45) is 4.80. The summed E-state index contributed by atoms with van der Waals surface area (Å²) in [4.78, 5) is 60.4. The van der Waals surface area contributed by atoms with Gasteiger partial charge in [-0.15, -0.1) is 0 Å². The number of carbonyl (C=O) groups excluding carboxylic acids is 4. The number of esters is 1. The highest BCUT2D eigenvalue weighted by atomic mass is 79.9. The second-order valence-corrected chi connectivity index (χ2v) is 14.1. The number of benzene rings is 2. The van der Waals surface area contributed by atoms with E-state index in [0.29, 0.717) is 28.6 Å². The number of allylic oxidation sites excluding steroid dienone is 1. The Hall–Kier alpha value is -3.80. The van der Waals surface area contributed by atoms with Crippen LogP contribution in [0, 0.1) is 25.7 Å². The van der Waals surface area contributed by atoms with Crippen molar-refractivity contribution in [1.82, 2.24) is 10.2 Å². The second kappa shape index (κ2) is 13.6. The van der Waals surface area contributed by atoms with Crippen molar-refractivity contribution in [2.75, 3.05) is 18.1 Å². The SMILES string of the molecule is CC[C@@H](CO)N1C(=O)[C@H]2[C@@H]3C(=O)O[C@H](c4ccccc4)[C@@H](C)NC(=O)CC/C=C\CN(c4c(C)cccc4C)C(=O)[C@H]1[C@@]21C=C(Br)[C@@H]3O1. The highest BCUT2D eigenvalue weighted by Crippen LogP contribution is 2.59. The first kappa shape index (κ1) is 34.1. The number of ether oxygens (including phenoxy) is 2. The Morgan fingerprint density at radius 3 is 2.38 bits per heavy atom. The maximum absolute atomic E-state index is 15.2. The van der Waals surface area contributed by atoms with E-state index >= 15 is 4.79 Å². The van der Waals surface area contributed by atoms with Gasteiger partial charge in [-0.2, -0.15) is 0 Å². The normalized spacial score (nSPS) is 32.1. The van der Waals surface area contributed by atoms with Crippen LogP contribution >= 0.6 is 15.9 Å². The van der Waals surface area contributed by atoms with Gasteiger partial charge in [-0.3, -0.25) is 19.2 Å². The van der Waals surface area contributed by atoms with Crippen LogP contribution in [0.1, 0.15) is 55.9 Å². The number of aliphatic hydroxyl groups is 1. The molecule has 0 aromatic heterocycles. The summed E-state index contributed by atoms with van der Waals surface area (Å²) in [5, 5.41) is 13.5. The van der Waals surface area contributed by atoms with Crippen molar-refractivity contribution >= 4 is 45.3 Å². The fourth-order valence-electron chi connectivity index (χ4n) is 7.90.